The molecule has 41 heavy (non-hydrogen) atoms. The normalized spacial score (nSPS) is 11.6. The molecule has 9 nitrogen and oxygen atoms in total. The van der Waals surface area contributed by atoms with Gasteiger partial charge in [-0.25, -0.2) is 18.2 Å². The summed E-state index contributed by atoms with van der Waals surface area (Å²) in [5.41, 5.74) is 3.39. The van der Waals surface area contributed by atoms with Gasteiger partial charge in [0.2, 0.25) is 10.0 Å². The number of aryl methyl sites for hydroxylation is 1. The van der Waals surface area contributed by atoms with Crippen molar-refractivity contribution in [1.82, 2.24) is 9.73 Å². The number of hydrazone groups is 1. The number of anilines is 1. The van der Waals surface area contributed by atoms with Crippen molar-refractivity contribution in [3.8, 4) is 0 Å². The second-order valence-electron chi connectivity index (χ2n) is 8.77. The fraction of sp³-hybridized carbons (Fsp3) is 0.107. The van der Waals surface area contributed by atoms with Crippen molar-refractivity contribution < 1.29 is 26.8 Å². The summed E-state index contributed by atoms with van der Waals surface area (Å²) >= 11 is 12.2. The Labute approximate surface area is 245 Å². The largest absolute Gasteiger partial charge is 0.459 e. The number of para-hydroxylation sites is 1. The summed E-state index contributed by atoms with van der Waals surface area (Å²) in [5.74, 6) is -2.49. The van der Waals surface area contributed by atoms with Gasteiger partial charge in [-0.1, -0.05) is 59.1 Å². The lowest BCUT2D eigenvalue weighted by molar-refractivity contribution is -0.136. The average molecular weight is 617 g/mol. The zero-order valence-electron chi connectivity index (χ0n) is 21.5. The van der Waals surface area contributed by atoms with E-state index in [1.54, 1.807) is 36.4 Å². The van der Waals surface area contributed by atoms with Crippen LogP contribution in [0.15, 0.2) is 93.3 Å². The van der Waals surface area contributed by atoms with Crippen LogP contribution in [0.5, 0.6) is 0 Å². The zero-order valence-corrected chi connectivity index (χ0v) is 23.8. The monoisotopic (exact) mass is 616 g/mol. The molecule has 0 aliphatic heterocycles. The predicted octanol–water partition coefficient (Wildman–Crippen LogP) is 5.51. The Kier molecular flexibility index (Phi) is 9.56. The van der Waals surface area contributed by atoms with Crippen molar-refractivity contribution >= 4 is 56.9 Å². The van der Waals surface area contributed by atoms with Gasteiger partial charge in [0.05, 0.1) is 33.4 Å². The molecule has 4 rings (SSSR count). The molecule has 4 aromatic rings. The molecule has 0 saturated heterocycles. The number of carbonyl (C=O) groups excluding carboxylic acids is 2. The van der Waals surface area contributed by atoms with Crippen LogP contribution >= 0.6 is 23.2 Å². The number of hydrogen-bond acceptors (Lipinski definition) is 6. The van der Waals surface area contributed by atoms with Crippen molar-refractivity contribution in [3.05, 3.63) is 117 Å². The number of sulfonamides is 1. The Balaban J connectivity index is 1.47. The third kappa shape index (κ3) is 7.80. The molecule has 0 aliphatic rings. The highest BCUT2D eigenvalue weighted by Crippen LogP contribution is 2.26. The van der Waals surface area contributed by atoms with Gasteiger partial charge >= 0.3 is 11.8 Å². The Hall–Kier alpha value is -4.03. The van der Waals surface area contributed by atoms with Gasteiger partial charge in [0.15, 0.2) is 0 Å². The van der Waals surface area contributed by atoms with Crippen LogP contribution in [0, 0.1) is 12.7 Å². The molecular formula is C28H23Cl2FN4O5S. The van der Waals surface area contributed by atoms with E-state index >= 15 is 0 Å². The Bertz CT molecular complexity index is 1710. The number of carbonyl (C=O) groups is 2. The minimum Gasteiger partial charge on any atom is -0.459 e. The number of nitrogens with zero attached hydrogens (tertiary/aromatic N) is 2. The molecular weight excluding hydrogens is 594 g/mol. The SMILES string of the molecule is Cc1ccc(S(=O)(=O)N(Cc2ccc(Cl)c(Cl)c2)Cc2ccc(/C=N/NC(=O)C(=O)Nc3ccccc3F)o2)cc1. The molecule has 0 radical (unpaired) electrons. The Morgan fingerprint density at radius 1 is 0.951 bits per heavy atom. The van der Waals surface area contributed by atoms with E-state index in [1.807, 2.05) is 12.3 Å². The highest BCUT2D eigenvalue weighted by Gasteiger charge is 2.26. The van der Waals surface area contributed by atoms with Crippen molar-refractivity contribution in [3.63, 3.8) is 0 Å². The number of rotatable bonds is 9. The van der Waals surface area contributed by atoms with Gasteiger partial charge in [0, 0.05) is 6.54 Å². The molecule has 0 fully saturated rings. The third-order valence-corrected chi connectivity index (χ3v) is 8.25. The number of benzene rings is 3. The second kappa shape index (κ2) is 13.1. The van der Waals surface area contributed by atoms with E-state index in [4.69, 9.17) is 27.6 Å². The van der Waals surface area contributed by atoms with Crippen molar-refractivity contribution in [2.24, 2.45) is 5.10 Å². The average Bonchev–Trinajstić information content (AvgIpc) is 3.39. The fourth-order valence-electron chi connectivity index (χ4n) is 3.60. The van der Waals surface area contributed by atoms with Crippen LogP contribution in [-0.4, -0.2) is 30.8 Å². The van der Waals surface area contributed by atoms with Crippen LogP contribution in [0.1, 0.15) is 22.6 Å². The van der Waals surface area contributed by atoms with Gasteiger partial charge in [-0.15, -0.1) is 0 Å². The van der Waals surface area contributed by atoms with Crippen LogP contribution in [0.2, 0.25) is 10.0 Å². The van der Waals surface area contributed by atoms with Crippen LogP contribution in [0.25, 0.3) is 0 Å². The lowest BCUT2D eigenvalue weighted by Crippen LogP contribution is -2.32. The molecule has 1 heterocycles. The zero-order chi connectivity index (χ0) is 29.6. The Morgan fingerprint density at radius 3 is 2.39 bits per heavy atom. The van der Waals surface area contributed by atoms with Crippen molar-refractivity contribution in [1.29, 1.82) is 0 Å². The minimum absolute atomic E-state index is 0.0234. The molecule has 0 spiro atoms. The molecule has 0 saturated carbocycles. The van der Waals surface area contributed by atoms with Crippen molar-refractivity contribution in [2.45, 2.75) is 24.9 Å². The van der Waals surface area contributed by atoms with Crippen LogP contribution < -0.4 is 10.7 Å². The molecule has 2 amide bonds. The van der Waals surface area contributed by atoms with Gasteiger partial charge in [0.25, 0.3) is 0 Å². The molecule has 0 unspecified atom stereocenters. The maximum Gasteiger partial charge on any atom is 0.329 e. The highest BCUT2D eigenvalue weighted by atomic mass is 35.5. The van der Waals surface area contributed by atoms with E-state index in [0.717, 1.165) is 17.8 Å². The lowest BCUT2D eigenvalue weighted by Gasteiger charge is -2.22. The van der Waals surface area contributed by atoms with E-state index in [0.29, 0.717) is 10.6 Å². The summed E-state index contributed by atoms with van der Waals surface area (Å²) in [6, 6.07) is 19.8. The molecule has 212 valence electrons. The highest BCUT2D eigenvalue weighted by molar-refractivity contribution is 7.89. The topological polar surface area (TPSA) is 121 Å². The number of furan rings is 1. The van der Waals surface area contributed by atoms with Gasteiger partial charge in [-0.2, -0.15) is 9.41 Å². The minimum atomic E-state index is -3.96. The van der Waals surface area contributed by atoms with E-state index in [-0.39, 0.29) is 40.2 Å². The number of halogens is 3. The molecule has 0 bridgehead atoms. The molecule has 0 aliphatic carbocycles. The summed E-state index contributed by atoms with van der Waals surface area (Å²) in [7, 11) is -3.96. The number of amides is 2. The van der Waals surface area contributed by atoms with Gasteiger partial charge < -0.3 is 9.73 Å². The fourth-order valence-corrected chi connectivity index (χ4v) is 5.31. The van der Waals surface area contributed by atoms with Gasteiger partial charge in [-0.3, -0.25) is 9.59 Å². The summed E-state index contributed by atoms with van der Waals surface area (Å²) in [5, 5.41) is 6.45. The maximum atomic E-state index is 13.7. The standard InChI is InChI=1S/C28H23Cl2FN4O5S/c1-18-6-11-22(12-7-18)41(38,39)35(16-19-8-13-23(29)24(30)14-19)17-21-10-9-20(40-21)15-32-34-28(37)27(36)33-26-5-3-2-4-25(26)31/h2-15H,16-17H2,1H3,(H,33,36)(H,34,37)/b32-15+. The first kappa shape index (κ1) is 29.9. The summed E-state index contributed by atoms with van der Waals surface area (Å²) in [6.45, 7) is 1.69. The first-order chi connectivity index (χ1) is 19.5. The molecule has 1 aromatic heterocycles. The van der Waals surface area contributed by atoms with Crippen molar-refractivity contribution in [2.75, 3.05) is 5.32 Å². The quantitative estimate of drug-likeness (QED) is 0.146. The molecule has 3 aromatic carbocycles. The first-order valence-electron chi connectivity index (χ1n) is 12.0. The maximum absolute atomic E-state index is 13.7. The summed E-state index contributed by atoms with van der Waals surface area (Å²) in [6.07, 6.45) is 1.13. The van der Waals surface area contributed by atoms with Crippen LogP contribution in [0.4, 0.5) is 10.1 Å². The van der Waals surface area contributed by atoms with E-state index in [1.165, 1.54) is 40.7 Å². The van der Waals surface area contributed by atoms with Gasteiger partial charge in [0.1, 0.15) is 17.3 Å². The molecule has 2 N–H and O–H groups in total. The second-order valence-corrected chi connectivity index (χ2v) is 11.5. The Morgan fingerprint density at radius 2 is 1.68 bits per heavy atom. The molecule has 0 atom stereocenters. The number of nitrogens with one attached hydrogen (secondary N) is 2. The number of hydrogen-bond donors (Lipinski definition) is 2. The van der Waals surface area contributed by atoms with Crippen LogP contribution in [0.3, 0.4) is 0 Å². The van der Waals surface area contributed by atoms with E-state index in [9.17, 15) is 22.4 Å². The first-order valence-corrected chi connectivity index (χ1v) is 14.2. The van der Waals surface area contributed by atoms with Gasteiger partial charge in [-0.05, 0) is 61.0 Å². The lowest BCUT2D eigenvalue weighted by atomic mass is 10.2. The summed E-state index contributed by atoms with van der Waals surface area (Å²) < 4.78 is 47.7. The van der Waals surface area contributed by atoms with E-state index in [2.05, 4.69) is 10.4 Å². The van der Waals surface area contributed by atoms with Crippen LogP contribution in [-0.2, 0) is 32.7 Å². The third-order valence-electron chi connectivity index (χ3n) is 5.70. The molecule has 13 heteroatoms. The predicted molar refractivity (Wildman–Crippen MR) is 154 cm³/mol. The van der Waals surface area contributed by atoms with E-state index < -0.39 is 27.7 Å². The summed E-state index contributed by atoms with van der Waals surface area (Å²) in [4.78, 5) is 24.1. The smallest absolute Gasteiger partial charge is 0.329 e.